The minimum atomic E-state index is -0.547. The number of nitrogens with two attached hydrogens (primary N) is 1. The Bertz CT molecular complexity index is 289. The van der Waals surface area contributed by atoms with E-state index >= 15 is 0 Å². The molecule has 3 N–H and O–H groups in total. The van der Waals surface area contributed by atoms with Crippen molar-refractivity contribution in [2.45, 2.75) is 63.5 Å². The van der Waals surface area contributed by atoms with E-state index in [1.807, 2.05) is 6.92 Å². The van der Waals surface area contributed by atoms with Crippen molar-refractivity contribution < 1.29 is 9.53 Å². The zero-order valence-corrected chi connectivity index (χ0v) is 12.6. The van der Waals surface area contributed by atoms with E-state index < -0.39 is 5.54 Å². The molecule has 2 aliphatic rings. The van der Waals surface area contributed by atoms with Gasteiger partial charge >= 0.3 is 0 Å². The number of ether oxygens (including phenoxy) is 1. The number of rotatable bonds is 7. The van der Waals surface area contributed by atoms with Gasteiger partial charge in [0.15, 0.2) is 0 Å². The van der Waals surface area contributed by atoms with Gasteiger partial charge in [-0.3, -0.25) is 4.79 Å². The number of carbonyl (C=O) groups is 1. The average Bonchev–Trinajstić information content (AvgIpc) is 2.92. The first-order chi connectivity index (χ1) is 8.65. The predicted molar refractivity (Wildman–Crippen MR) is 78.4 cm³/mol. The molecule has 4 nitrogen and oxygen atoms in total. The van der Waals surface area contributed by atoms with Crippen molar-refractivity contribution in [2.24, 2.45) is 11.7 Å². The molecule has 2 aliphatic carbocycles. The average molecular weight is 291 g/mol. The molecule has 2 rings (SSSR count). The molecule has 0 radical (unpaired) electrons. The fourth-order valence-electron chi connectivity index (χ4n) is 2.86. The Kier molecular flexibility index (Phi) is 6.57. The Balaban J connectivity index is 0.00000180. The van der Waals surface area contributed by atoms with Crippen LogP contribution in [0.5, 0.6) is 0 Å². The van der Waals surface area contributed by atoms with E-state index in [2.05, 4.69) is 5.32 Å². The Morgan fingerprint density at radius 2 is 2.05 bits per heavy atom. The highest BCUT2D eigenvalue weighted by molar-refractivity contribution is 5.88. The van der Waals surface area contributed by atoms with Gasteiger partial charge in [-0.15, -0.1) is 12.4 Å². The van der Waals surface area contributed by atoms with Gasteiger partial charge in [-0.05, 0) is 44.9 Å². The lowest BCUT2D eigenvalue weighted by Gasteiger charge is -2.23. The second-order valence-corrected chi connectivity index (χ2v) is 5.74. The zero-order valence-electron chi connectivity index (χ0n) is 11.8. The molecule has 0 aromatic heterocycles. The molecule has 0 saturated heterocycles. The van der Waals surface area contributed by atoms with Crippen LogP contribution in [0.4, 0.5) is 0 Å². The second kappa shape index (κ2) is 7.46. The molecule has 19 heavy (non-hydrogen) atoms. The summed E-state index contributed by atoms with van der Waals surface area (Å²) in [7, 11) is 0. The summed E-state index contributed by atoms with van der Waals surface area (Å²) in [5.41, 5.74) is 5.30. The molecule has 1 atom stereocenters. The third kappa shape index (κ3) is 4.62. The number of hydrogen-bond acceptors (Lipinski definition) is 3. The van der Waals surface area contributed by atoms with E-state index in [0.29, 0.717) is 18.6 Å². The SMILES string of the molecule is CCOC(CCNC(=O)C1(N)CC1)C1CCCC1.Cl. The van der Waals surface area contributed by atoms with Crippen LogP contribution in [0.2, 0.25) is 0 Å². The van der Waals surface area contributed by atoms with Crippen LogP contribution in [-0.2, 0) is 9.53 Å². The van der Waals surface area contributed by atoms with Gasteiger partial charge in [0.2, 0.25) is 5.91 Å². The summed E-state index contributed by atoms with van der Waals surface area (Å²) in [4.78, 5) is 11.7. The van der Waals surface area contributed by atoms with E-state index in [0.717, 1.165) is 25.9 Å². The summed E-state index contributed by atoms with van der Waals surface area (Å²) in [6.45, 7) is 3.49. The summed E-state index contributed by atoms with van der Waals surface area (Å²) in [5, 5.41) is 2.95. The van der Waals surface area contributed by atoms with Crippen molar-refractivity contribution in [1.82, 2.24) is 5.32 Å². The number of carbonyl (C=O) groups excluding carboxylic acids is 1. The van der Waals surface area contributed by atoms with Crippen LogP contribution in [-0.4, -0.2) is 30.7 Å². The first kappa shape index (κ1) is 16.7. The van der Waals surface area contributed by atoms with Crippen molar-refractivity contribution in [2.75, 3.05) is 13.2 Å². The van der Waals surface area contributed by atoms with Crippen LogP contribution in [0.15, 0.2) is 0 Å². The number of amides is 1. The van der Waals surface area contributed by atoms with Crippen molar-refractivity contribution >= 4 is 18.3 Å². The maximum Gasteiger partial charge on any atom is 0.240 e. The van der Waals surface area contributed by atoms with E-state index in [-0.39, 0.29) is 18.3 Å². The summed E-state index contributed by atoms with van der Waals surface area (Å²) in [5.74, 6) is 0.707. The van der Waals surface area contributed by atoms with Gasteiger partial charge < -0.3 is 15.8 Å². The monoisotopic (exact) mass is 290 g/mol. The fraction of sp³-hybridized carbons (Fsp3) is 0.929. The number of halogens is 1. The quantitative estimate of drug-likeness (QED) is 0.754. The molecule has 0 aromatic rings. The van der Waals surface area contributed by atoms with Gasteiger partial charge in [0.05, 0.1) is 11.6 Å². The molecule has 2 fully saturated rings. The van der Waals surface area contributed by atoms with E-state index in [4.69, 9.17) is 10.5 Å². The summed E-state index contributed by atoms with van der Waals surface area (Å²) >= 11 is 0. The predicted octanol–water partition coefficient (Wildman–Crippen LogP) is 2.00. The van der Waals surface area contributed by atoms with Crippen LogP contribution in [0.1, 0.15) is 51.9 Å². The lowest BCUT2D eigenvalue weighted by molar-refractivity contribution is -0.123. The largest absolute Gasteiger partial charge is 0.378 e. The normalized spacial score (nSPS) is 22.6. The first-order valence-corrected chi connectivity index (χ1v) is 7.34. The van der Waals surface area contributed by atoms with Gasteiger partial charge in [-0.25, -0.2) is 0 Å². The summed E-state index contributed by atoms with van der Waals surface area (Å²) in [6, 6.07) is 0. The Hall–Kier alpha value is -0.320. The van der Waals surface area contributed by atoms with Gasteiger partial charge in [-0.1, -0.05) is 12.8 Å². The topological polar surface area (TPSA) is 64.3 Å². The smallest absolute Gasteiger partial charge is 0.240 e. The Morgan fingerprint density at radius 3 is 2.58 bits per heavy atom. The molecule has 5 heteroatoms. The molecule has 0 heterocycles. The zero-order chi connectivity index (χ0) is 13.0. The van der Waals surface area contributed by atoms with Crippen molar-refractivity contribution in [3.05, 3.63) is 0 Å². The maximum atomic E-state index is 11.7. The molecule has 1 amide bonds. The van der Waals surface area contributed by atoms with Crippen molar-refractivity contribution in [3.63, 3.8) is 0 Å². The number of hydrogen-bond donors (Lipinski definition) is 2. The van der Waals surface area contributed by atoms with Crippen LogP contribution in [0.25, 0.3) is 0 Å². The van der Waals surface area contributed by atoms with Gasteiger partial charge in [0.1, 0.15) is 0 Å². The molecular formula is C14H27ClN2O2. The Morgan fingerprint density at radius 1 is 1.42 bits per heavy atom. The lowest BCUT2D eigenvalue weighted by Crippen LogP contribution is -2.43. The van der Waals surface area contributed by atoms with Gasteiger partial charge in [-0.2, -0.15) is 0 Å². The highest BCUT2D eigenvalue weighted by Crippen LogP contribution is 2.32. The standard InChI is InChI=1S/C14H26N2O2.ClH/c1-2-18-12(11-5-3-4-6-11)7-10-16-13(17)14(15)8-9-14;/h11-12H,2-10,15H2,1H3,(H,16,17);1H. The van der Waals surface area contributed by atoms with Crippen LogP contribution < -0.4 is 11.1 Å². The van der Waals surface area contributed by atoms with Gasteiger partial charge in [0.25, 0.3) is 0 Å². The third-order valence-electron chi connectivity index (χ3n) is 4.26. The minimum absolute atomic E-state index is 0. The molecule has 0 bridgehead atoms. The van der Waals surface area contributed by atoms with Crippen molar-refractivity contribution in [1.29, 1.82) is 0 Å². The maximum absolute atomic E-state index is 11.7. The molecule has 2 saturated carbocycles. The summed E-state index contributed by atoms with van der Waals surface area (Å²) < 4.78 is 5.83. The van der Waals surface area contributed by atoms with Crippen molar-refractivity contribution in [3.8, 4) is 0 Å². The number of nitrogens with one attached hydrogen (secondary N) is 1. The molecule has 0 aliphatic heterocycles. The Labute approximate surface area is 122 Å². The van der Waals surface area contributed by atoms with Crippen LogP contribution in [0.3, 0.4) is 0 Å². The molecule has 112 valence electrons. The molecular weight excluding hydrogens is 264 g/mol. The van der Waals surface area contributed by atoms with Crippen LogP contribution in [0, 0.1) is 5.92 Å². The molecule has 0 spiro atoms. The van der Waals surface area contributed by atoms with E-state index in [9.17, 15) is 4.79 Å². The molecule has 0 aromatic carbocycles. The second-order valence-electron chi connectivity index (χ2n) is 5.74. The van der Waals surface area contributed by atoms with Gasteiger partial charge in [0, 0.05) is 13.2 Å². The third-order valence-corrected chi connectivity index (χ3v) is 4.26. The lowest BCUT2D eigenvalue weighted by atomic mass is 9.98. The molecule has 1 unspecified atom stereocenters. The highest BCUT2D eigenvalue weighted by atomic mass is 35.5. The first-order valence-electron chi connectivity index (χ1n) is 7.34. The summed E-state index contributed by atoms with van der Waals surface area (Å²) in [6.07, 6.45) is 8.09. The van der Waals surface area contributed by atoms with E-state index in [1.165, 1.54) is 25.7 Å². The van der Waals surface area contributed by atoms with Crippen LogP contribution >= 0.6 is 12.4 Å². The van der Waals surface area contributed by atoms with E-state index in [1.54, 1.807) is 0 Å². The fourth-order valence-corrected chi connectivity index (χ4v) is 2.86. The highest BCUT2D eigenvalue weighted by Gasteiger charge is 2.45. The minimum Gasteiger partial charge on any atom is -0.378 e.